The van der Waals surface area contributed by atoms with Gasteiger partial charge in [-0.1, -0.05) is 30.3 Å². The van der Waals surface area contributed by atoms with E-state index >= 15 is 0 Å². The zero-order chi connectivity index (χ0) is 17.9. The summed E-state index contributed by atoms with van der Waals surface area (Å²) in [5.74, 6) is 0.540. The maximum atomic E-state index is 12.8. The maximum absolute atomic E-state index is 12.8. The summed E-state index contributed by atoms with van der Waals surface area (Å²) in [6.07, 6.45) is 1.39. The van der Waals surface area contributed by atoms with Crippen molar-refractivity contribution in [3.05, 3.63) is 53.3 Å². The van der Waals surface area contributed by atoms with Gasteiger partial charge in [0, 0.05) is 13.1 Å². The van der Waals surface area contributed by atoms with E-state index in [1.807, 2.05) is 37.3 Å². The number of nitrogens with one attached hydrogen (secondary N) is 1. The molecule has 1 fully saturated rings. The van der Waals surface area contributed by atoms with Crippen molar-refractivity contribution < 1.29 is 13.2 Å². The molecule has 6 nitrogen and oxygen atoms in total. The summed E-state index contributed by atoms with van der Waals surface area (Å²) in [4.78, 5) is 14.6. The molecule has 25 heavy (non-hydrogen) atoms. The molecule has 3 rings (SSSR count). The molecule has 0 aliphatic carbocycles. The van der Waals surface area contributed by atoms with E-state index in [-0.39, 0.29) is 23.3 Å². The fourth-order valence-corrected chi connectivity index (χ4v) is 5.11. The van der Waals surface area contributed by atoms with E-state index in [1.54, 1.807) is 11.0 Å². The van der Waals surface area contributed by atoms with Gasteiger partial charge < -0.3 is 4.90 Å². The van der Waals surface area contributed by atoms with Crippen LogP contribution in [0.15, 0.2) is 36.4 Å². The van der Waals surface area contributed by atoms with Crippen molar-refractivity contribution in [1.82, 2.24) is 15.1 Å². The number of carbonyl (C=O) groups is 1. The number of H-pyrrole nitrogens is 1. The van der Waals surface area contributed by atoms with Gasteiger partial charge >= 0.3 is 0 Å². The fraction of sp³-hybridized carbons (Fsp3) is 0.444. The molecular formula is C18H23N3O3S. The predicted molar refractivity (Wildman–Crippen MR) is 95.9 cm³/mol. The van der Waals surface area contributed by atoms with Gasteiger partial charge in [-0.2, -0.15) is 5.10 Å². The molecule has 1 saturated heterocycles. The summed E-state index contributed by atoms with van der Waals surface area (Å²) in [5, 5.41) is 6.81. The van der Waals surface area contributed by atoms with E-state index in [9.17, 15) is 13.2 Å². The molecule has 1 aliphatic heterocycles. The van der Waals surface area contributed by atoms with Crippen LogP contribution in [0.1, 0.15) is 34.6 Å². The van der Waals surface area contributed by atoms with Crippen LogP contribution in [0.3, 0.4) is 0 Å². The Labute approximate surface area is 148 Å². The first-order chi connectivity index (χ1) is 11.9. The van der Waals surface area contributed by atoms with Gasteiger partial charge in [0.25, 0.3) is 5.91 Å². The van der Waals surface area contributed by atoms with Crippen molar-refractivity contribution in [2.75, 3.05) is 18.1 Å². The third kappa shape index (κ3) is 4.69. The lowest BCUT2D eigenvalue weighted by Gasteiger charge is -2.23. The van der Waals surface area contributed by atoms with E-state index in [0.29, 0.717) is 31.6 Å². The molecule has 7 heteroatoms. The van der Waals surface area contributed by atoms with Crippen LogP contribution in [0.4, 0.5) is 0 Å². The first-order valence-electron chi connectivity index (χ1n) is 8.48. The van der Waals surface area contributed by atoms with Gasteiger partial charge in [-0.05, 0) is 37.3 Å². The highest BCUT2D eigenvalue weighted by atomic mass is 32.2. The lowest BCUT2D eigenvalue weighted by molar-refractivity contribution is 0.0728. The number of amides is 1. The third-order valence-corrected chi connectivity index (χ3v) is 6.41. The molecule has 0 spiro atoms. The van der Waals surface area contributed by atoms with E-state index < -0.39 is 9.84 Å². The van der Waals surface area contributed by atoms with Gasteiger partial charge in [0.1, 0.15) is 5.69 Å². The van der Waals surface area contributed by atoms with Crippen molar-refractivity contribution in [2.24, 2.45) is 5.92 Å². The van der Waals surface area contributed by atoms with Crippen molar-refractivity contribution >= 4 is 15.7 Å². The van der Waals surface area contributed by atoms with Crippen LogP contribution in [0.5, 0.6) is 0 Å². The number of hydrogen-bond acceptors (Lipinski definition) is 4. The summed E-state index contributed by atoms with van der Waals surface area (Å²) in [5.41, 5.74) is 2.28. The highest BCUT2D eigenvalue weighted by Gasteiger charge is 2.28. The molecule has 134 valence electrons. The Morgan fingerprint density at radius 2 is 2.08 bits per heavy atom. The molecule has 1 aromatic carbocycles. The van der Waals surface area contributed by atoms with Gasteiger partial charge in [-0.3, -0.25) is 9.89 Å². The minimum Gasteiger partial charge on any atom is -0.333 e. The first-order valence-corrected chi connectivity index (χ1v) is 10.3. The number of benzene rings is 1. The molecule has 1 unspecified atom stereocenters. The number of aromatic amines is 1. The Bertz CT molecular complexity index is 830. The number of rotatable bonds is 6. The molecule has 0 radical (unpaired) electrons. The number of carbonyl (C=O) groups excluding carboxylic acids is 1. The monoisotopic (exact) mass is 361 g/mol. The van der Waals surface area contributed by atoms with Crippen molar-refractivity contribution in [1.29, 1.82) is 0 Å². The van der Waals surface area contributed by atoms with Gasteiger partial charge in [0.05, 0.1) is 17.2 Å². The van der Waals surface area contributed by atoms with E-state index in [1.165, 1.54) is 0 Å². The second kappa shape index (κ2) is 7.39. The first kappa shape index (κ1) is 17.7. The van der Waals surface area contributed by atoms with E-state index in [0.717, 1.165) is 11.3 Å². The highest BCUT2D eigenvalue weighted by molar-refractivity contribution is 7.91. The van der Waals surface area contributed by atoms with E-state index in [4.69, 9.17) is 0 Å². The normalized spacial score (nSPS) is 19.0. The van der Waals surface area contributed by atoms with Gasteiger partial charge in [0.15, 0.2) is 9.84 Å². The Morgan fingerprint density at radius 3 is 2.68 bits per heavy atom. The van der Waals surface area contributed by atoms with Crippen LogP contribution < -0.4 is 0 Å². The summed E-state index contributed by atoms with van der Waals surface area (Å²) < 4.78 is 23.3. The summed E-state index contributed by atoms with van der Waals surface area (Å²) in [6.45, 7) is 2.86. The van der Waals surface area contributed by atoms with Crippen molar-refractivity contribution in [2.45, 2.75) is 26.3 Å². The Morgan fingerprint density at radius 1 is 1.32 bits per heavy atom. The molecule has 0 bridgehead atoms. The number of hydrogen-bond donors (Lipinski definition) is 1. The minimum absolute atomic E-state index is 0.106. The van der Waals surface area contributed by atoms with Gasteiger partial charge in [0.2, 0.25) is 0 Å². The fourth-order valence-electron chi connectivity index (χ4n) is 3.20. The number of aryl methyl sites for hydroxylation is 1. The number of nitrogens with zero attached hydrogens (tertiary/aromatic N) is 2. The molecule has 2 aromatic rings. The SMILES string of the molecule is Cc1cc(C(=O)N(CCC2CCS(=O)(=O)C2)Cc2ccccc2)[nH]n1. The minimum atomic E-state index is -2.89. The number of sulfone groups is 1. The lowest BCUT2D eigenvalue weighted by atomic mass is 10.0. The Balaban J connectivity index is 1.71. The second-order valence-corrected chi connectivity index (χ2v) is 8.92. The molecule has 1 aliphatic rings. The van der Waals surface area contributed by atoms with Crippen LogP contribution in [0.2, 0.25) is 0 Å². The molecular weight excluding hydrogens is 338 g/mol. The largest absolute Gasteiger partial charge is 0.333 e. The molecule has 1 atom stereocenters. The van der Waals surface area contributed by atoms with Crippen molar-refractivity contribution in [3.63, 3.8) is 0 Å². The maximum Gasteiger partial charge on any atom is 0.272 e. The topological polar surface area (TPSA) is 83.1 Å². The van der Waals surface area contributed by atoms with Gasteiger partial charge in [-0.15, -0.1) is 0 Å². The van der Waals surface area contributed by atoms with Gasteiger partial charge in [-0.25, -0.2) is 8.42 Å². The average Bonchev–Trinajstić information content (AvgIpc) is 3.17. The summed E-state index contributed by atoms with van der Waals surface area (Å²) in [7, 11) is -2.89. The molecule has 0 saturated carbocycles. The highest BCUT2D eigenvalue weighted by Crippen LogP contribution is 2.22. The summed E-state index contributed by atoms with van der Waals surface area (Å²) >= 11 is 0. The third-order valence-electron chi connectivity index (χ3n) is 4.57. The van der Waals surface area contributed by atoms with Crippen LogP contribution in [-0.2, 0) is 16.4 Å². The van der Waals surface area contributed by atoms with Crippen LogP contribution >= 0.6 is 0 Å². The molecule has 1 amide bonds. The Kier molecular flexibility index (Phi) is 5.22. The standard InChI is InChI=1S/C18H23N3O3S/c1-14-11-17(20-19-14)18(22)21(12-15-5-3-2-4-6-15)9-7-16-8-10-25(23,24)13-16/h2-6,11,16H,7-10,12-13H2,1H3,(H,19,20). The second-order valence-electron chi connectivity index (χ2n) is 6.69. The summed E-state index contributed by atoms with van der Waals surface area (Å²) in [6, 6.07) is 11.5. The zero-order valence-corrected chi connectivity index (χ0v) is 15.1. The van der Waals surface area contributed by atoms with Crippen LogP contribution in [0.25, 0.3) is 0 Å². The predicted octanol–water partition coefficient (Wildman–Crippen LogP) is 2.19. The zero-order valence-electron chi connectivity index (χ0n) is 14.3. The van der Waals surface area contributed by atoms with Crippen LogP contribution in [-0.4, -0.2) is 47.5 Å². The van der Waals surface area contributed by atoms with E-state index in [2.05, 4.69) is 10.2 Å². The van der Waals surface area contributed by atoms with Crippen LogP contribution in [0, 0.1) is 12.8 Å². The molecule has 1 N–H and O–H groups in total. The smallest absolute Gasteiger partial charge is 0.272 e. The molecule has 1 aromatic heterocycles. The number of aromatic nitrogens is 2. The quantitative estimate of drug-likeness (QED) is 0.855. The Hall–Kier alpha value is -2.15. The average molecular weight is 361 g/mol. The molecule has 2 heterocycles. The lowest BCUT2D eigenvalue weighted by Crippen LogP contribution is -2.33. The van der Waals surface area contributed by atoms with Crippen molar-refractivity contribution in [3.8, 4) is 0 Å².